The average molecular weight is 417 g/mol. The second-order valence-electron chi connectivity index (χ2n) is 5.75. The van der Waals surface area contributed by atoms with E-state index in [9.17, 15) is 17.6 Å². The van der Waals surface area contributed by atoms with E-state index in [1.807, 2.05) is 0 Å². The number of hydrogen-bond donors (Lipinski definition) is 0. The number of carbonyl (C=O) groups is 1. The van der Waals surface area contributed by atoms with E-state index in [1.165, 1.54) is 10.4 Å². The van der Waals surface area contributed by atoms with E-state index >= 15 is 0 Å². The summed E-state index contributed by atoms with van der Waals surface area (Å²) in [5.41, 5.74) is 0.385. The monoisotopic (exact) mass is 416 g/mol. The van der Waals surface area contributed by atoms with Crippen molar-refractivity contribution in [1.29, 1.82) is 0 Å². The fraction of sp³-hybridized carbons (Fsp3) is 0.235. The standard InChI is InChI=1S/C17H15Cl2FN2O3S/c18-14-4-2-1-3-13(14)17(23)21-7-9-22(10-8-21)26(24,25)12-5-6-16(20)15(19)11-12/h1-6,11H,7-10H2. The van der Waals surface area contributed by atoms with Crippen molar-refractivity contribution in [3.63, 3.8) is 0 Å². The van der Waals surface area contributed by atoms with Gasteiger partial charge in [0, 0.05) is 26.2 Å². The van der Waals surface area contributed by atoms with Crippen LogP contribution in [0.25, 0.3) is 0 Å². The maximum absolute atomic E-state index is 13.3. The molecule has 138 valence electrons. The number of benzene rings is 2. The number of amides is 1. The molecule has 0 N–H and O–H groups in total. The van der Waals surface area contributed by atoms with Crippen molar-refractivity contribution in [2.24, 2.45) is 0 Å². The van der Waals surface area contributed by atoms with Gasteiger partial charge >= 0.3 is 0 Å². The van der Waals surface area contributed by atoms with Gasteiger partial charge in [-0.15, -0.1) is 0 Å². The summed E-state index contributed by atoms with van der Waals surface area (Å²) in [7, 11) is -3.81. The number of piperazine rings is 1. The lowest BCUT2D eigenvalue weighted by molar-refractivity contribution is 0.0698. The minimum atomic E-state index is -3.81. The van der Waals surface area contributed by atoms with Crippen molar-refractivity contribution in [2.45, 2.75) is 4.90 Å². The Morgan fingerprint density at radius 2 is 1.62 bits per heavy atom. The molecule has 1 aliphatic rings. The first-order valence-corrected chi connectivity index (χ1v) is 9.99. The molecule has 2 aromatic carbocycles. The van der Waals surface area contributed by atoms with E-state index in [2.05, 4.69) is 0 Å². The summed E-state index contributed by atoms with van der Waals surface area (Å²) in [6.07, 6.45) is 0. The molecule has 0 unspecified atom stereocenters. The zero-order chi connectivity index (χ0) is 18.9. The molecule has 26 heavy (non-hydrogen) atoms. The lowest BCUT2D eigenvalue weighted by Gasteiger charge is -2.34. The lowest BCUT2D eigenvalue weighted by atomic mass is 10.2. The molecule has 0 radical (unpaired) electrons. The first kappa shape index (κ1) is 19.1. The Morgan fingerprint density at radius 1 is 0.962 bits per heavy atom. The maximum Gasteiger partial charge on any atom is 0.255 e. The van der Waals surface area contributed by atoms with Gasteiger partial charge in [-0.05, 0) is 30.3 Å². The van der Waals surface area contributed by atoms with Crippen molar-refractivity contribution in [3.8, 4) is 0 Å². The number of sulfonamides is 1. The summed E-state index contributed by atoms with van der Waals surface area (Å²) in [5, 5.41) is 0.104. The summed E-state index contributed by atoms with van der Waals surface area (Å²) < 4.78 is 39.9. The Labute approximate surface area is 161 Å². The predicted octanol–water partition coefficient (Wildman–Crippen LogP) is 3.28. The van der Waals surface area contributed by atoms with Crippen LogP contribution in [0.5, 0.6) is 0 Å². The predicted molar refractivity (Wildman–Crippen MR) is 97.5 cm³/mol. The summed E-state index contributed by atoms with van der Waals surface area (Å²) in [4.78, 5) is 14.0. The highest BCUT2D eigenvalue weighted by atomic mass is 35.5. The topological polar surface area (TPSA) is 57.7 Å². The summed E-state index contributed by atoms with van der Waals surface area (Å²) in [5.74, 6) is -0.918. The minimum absolute atomic E-state index is 0.0743. The van der Waals surface area contributed by atoms with Crippen LogP contribution in [0.2, 0.25) is 10.0 Å². The van der Waals surface area contributed by atoms with Gasteiger partial charge in [0.05, 0.1) is 20.5 Å². The molecular weight excluding hydrogens is 402 g/mol. The van der Waals surface area contributed by atoms with Gasteiger partial charge in [0.1, 0.15) is 5.82 Å². The largest absolute Gasteiger partial charge is 0.336 e. The third-order valence-corrected chi connectivity index (χ3v) is 6.67. The molecule has 1 aliphatic heterocycles. The average Bonchev–Trinajstić information content (AvgIpc) is 2.64. The smallest absolute Gasteiger partial charge is 0.255 e. The van der Waals surface area contributed by atoms with Crippen LogP contribution in [-0.4, -0.2) is 49.7 Å². The number of halogens is 3. The van der Waals surface area contributed by atoms with Crippen molar-refractivity contribution in [2.75, 3.05) is 26.2 Å². The van der Waals surface area contributed by atoms with Crippen molar-refractivity contribution >= 4 is 39.1 Å². The Hall–Kier alpha value is -1.67. The molecule has 5 nitrogen and oxygen atoms in total. The van der Waals surface area contributed by atoms with E-state index in [1.54, 1.807) is 29.2 Å². The molecule has 1 heterocycles. The molecule has 0 bridgehead atoms. The quantitative estimate of drug-likeness (QED) is 0.771. The van der Waals surface area contributed by atoms with E-state index in [0.29, 0.717) is 10.6 Å². The molecule has 0 aliphatic carbocycles. The normalized spacial score (nSPS) is 15.9. The van der Waals surface area contributed by atoms with E-state index in [0.717, 1.165) is 12.1 Å². The van der Waals surface area contributed by atoms with Gasteiger partial charge < -0.3 is 4.90 Å². The number of hydrogen-bond acceptors (Lipinski definition) is 3. The fourth-order valence-corrected chi connectivity index (χ4v) is 4.63. The van der Waals surface area contributed by atoms with Crippen molar-refractivity contribution in [1.82, 2.24) is 9.21 Å². The van der Waals surface area contributed by atoms with Crippen LogP contribution in [-0.2, 0) is 10.0 Å². The van der Waals surface area contributed by atoms with Crippen molar-refractivity contribution in [3.05, 3.63) is 63.9 Å². The van der Waals surface area contributed by atoms with E-state index in [4.69, 9.17) is 23.2 Å². The number of rotatable bonds is 3. The Balaban J connectivity index is 1.72. The summed E-state index contributed by atoms with van der Waals surface area (Å²) in [6.45, 7) is 0.734. The van der Waals surface area contributed by atoms with E-state index in [-0.39, 0.29) is 42.0 Å². The zero-order valence-corrected chi connectivity index (χ0v) is 15.9. The first-order chi connectivity index (χ1) is 12.3. The zero-order valence-electron chi connectivity index (χ0n) is 13.5. The van der Waals surface area contributed by atoms with Gasteiger partial charge in [0.15, 0.2) is 0 Å². The van der Waals surface area contributed by atoms with Crippen LogP contribution in [0.1, 0.15) is 10.4 Å². The molecule has 9 heteroatoms. The van der Waals surface area contributed by atoms with Crippen LogP contribution in [0, 0.1) is 5.82 Å². The Morgan fingerprint density at radius 3 is 2.23 bits per heavy atom. The molecule has 0 aromatic heterocycles. The molecule has 0 atom stereocenters. The molecule has 1 saturated heterocycles. The third-order valence-electron chi connectivity index (χ3n) is 4.16. The van der Waals surface area contributed by atoms with Crippen LogP contribution >= 0.6 is 23.2 Å². The van der Waals surface area contributed by atoms with Crippen LogP contribution in [0.3, 0.4) is 0 Å². The molecule has 3 rings (SSSR count). The number of carbonyl (C=O) groups excluding carboxylic acids is 1. The van der Waals surface area contributed by atoms with Crippen molar-refractivity contribution < 1.29 is 17.6 Å². The van der Waals surface area contributed by atoms with Gasteiger partial charge in [-0.3, -0.25) is 4.79 Å². The molecule has 0 spiro atoms. The molecule has 1 fully saturated rings. The third kappa shape index (κ3) is 3.71. The molecule has 1 amide bonds. The SMILES string of the molecule is O=C(c1ccccc1Cl)N1CCN(S(=O)(=O)c2ccc(F)c(Cl)c2)CC1. The van der Waals surface area contributed by atoms with E-state index < -0.39 is 15.8 Å². The van der Waals surface area contributed by atoms with Gasteiger partial charge in [-0.2, -0.15) is 4.31 Å². The molecule has 0 saturated carbocycles. The number of nitrogens with zero attached hydrogens (tertiary/aromatic N) is 2. The Kier molecular flexibility index (Phi) is 5.53. The van der Waals surface area contributed by atoms with Gasteiger partial charge in [0.2, 0.25) is 10.0 Å². The maximum atomic E-state index is 13.3. The highest BCUT2D eigenvalue weighted by molar-refractivity contribution is 7.89. The first-order valence-electron chi connectivity index (χ1n) is 7.80. The summed E-state index contributed by atoms with van der Waals surface area (Å²) >= 11 is 11.7. The van der Waals surface area contributed by atoms with Crippen LogP contribution in [0.15, 0.2) is 47.4 Å². The Bertz CT molecular complexity index is 945. The lowest BCUT2D eigenvalue weighted by Crippen LogP contribution is -2.50. The van der Waals surface area contributed by atoms with Crippen LogP contribution < -0.4 is 0 Å². The highest BCUT2D eigenvalue weighted by Crippen LogP contribution is 2.24. The fourth-order valence-electron chi connectivity index (χ4n) is 2.72. The second-order valence-corrected chi connectivity index (χ2v) is 8.50. The van der Waals surface area contributed by atoms with Gasteiger partial charge in [-0.25, -0.2) is 12.8 Å². The molecule has 2 aromatic rings. The van der Waals surface area contributed by atoms with Crippen LogP contribution in [0.4, 0.5) is 4.39 Å². The second kappa shape index (κ2) is 7.52. The van der Waals surface area contributed by atoms with Gasteiger partial charge in [0.25, 0.3) is 5.91 Å². The molecular formula is C17H15Cl2FN2O3S. The summed E-state index contributed by atoms with van der Waals surface area (Å²) in [6, 6.07) is 10.0. The highest BCUT2D eigenvalue weighted by Gasteiger charge is 2.31. The minimum Gasteiger partial charge on any atom is -0.336 e. The van der Waals surface area contributed by atoms with Gasteiger partial charge in [-0.1, -0.05) is 35.3 Å².